The molecule has 2 amide bonds. The summed E-state index contributed by atoms with van der Waals surface area (Å²) in [7, 11) is 0. The summed E-state index contributed by atoms with van der Waals surface area (Å²) in [4.78, 5) is 28.3. The van der Waals surface area contributed by atoms with Crippen LogP contribution in [0.5, 0.6) is 0 Å². The maximum atomic E-state index is 12.6. The minimum atomic E-state index is -1.05. The van der Waals surface area contributed by atoms with E-state index < -0.39 is 11.7 Å². The molecule has 0 unspecified atom stereocenters. The number of benzene rings is 1. The number of likely N-dealkylation sites (tertiary alicyclic amines) is 2. The number of carbonyl (C=O) groups excluding carboxylic acids is 2. The number of β-lactam (4-membered cyclic amide) rings is 1. The van der Waals surface area contributed by atoms with Gasteiger partial charge in [0.15, 0.2) is 6.10 Å². The molecule has 2 fully saturated rings. The number of rotatable bonds is 3. The highest BCUT2D eigenvalue weighted by Crippen LogP contribution is 2.33. The lowest BCUT2D eigenvalue weighted by molar-refractivity contribution is -0.175. The number of piperidine rings is 1. The number of hydrogen-bond donors (Lipinski definition) is 1. The third-order valence-electron chi connectivity index (χ3n) is 4.99. The molecule has 2 saturated heterocycles. The molecule has 0 radical (unpaired) electrons. The summed E-state index contributed by atoms with van der Waals surface area (Å²) in [6, 6.07) is 9.12. The van der Waals surface area contributed by atoms with Gasteiger partial charge in [-0.1, -0.05) is 30.3 Å². The second-order valence-electron chi connectivity index (χ2n) is 8.12. The molecule has 1 N–H and O–H groups in total. The summed E-state index contributed by atoms with van der Waals surface area (Å²) in [5.41, 5.74) is 0.439. The summed E-state index contributed by atoms with van der Waals surface area (Å²) >= 11 is 0. The van der Waals surface area contributed by atoms with Gasteiger partial charge in [-0.05, 0) is 45.6 Å². The minimum Gasteiger partial charge on any atom is -0.444 e. The fraction of sp³-hybridized carbons (Fsp3) is 0.600. The Labute approximate surface area is 154 Å². The molecular formula is C20H28N2O4. The Balaban J connectivity index is 1.77. The Morgan fingerprint density at radius 3 is 2.58 bits per heavy atom. The molecule has 0 spiro atoms. The van der Waals surface area contributed by atoms with Gasteiger partial charge in [-0.15, -0.1) is 0 Å². The molecule has 2 aliphatic heterocycles. The lowest BCUT2D eigenvalue weighted by atomic mass is 9.84. The van der Waals surface area contributed by atoms with Crippen molar-refractivity contribution in [3.8, 4) is 0 Å². The Morgan fingerprint density at radius 2 is 1.92 bits per heavy atom. The Hall–Kier alpha value is -2.08. The molecule has 1 aromatic carbocycles. The normalized spacial score (nSPS) is 26.5. The average molecular weight is 360 g/mol. The van der Waals surface area contributed by atoms with Crippen LogP contribution < -0.4 is 0 Å². The lowest BCUT2D eigenvalue weighted by Gasteiger charge is -2.52. The van der Waals surface area contributed by atoms with E-state index in [-0.39, 0.29) is 24.1 Å². The van der Waals surface area contributed by atoms with E-state index in [9.17, 15) is 14.7 Å². The summed E-state index contributed by atoms with van der Waals surface area (Å²) in [6.45, 7) is 6.56. The van der Waals surface area contributed by atoms with E-state index in [1.54, 1.807) is 9.80 Å². The predicted molar refractivity (Wildman–Crippen MR) is 97.4 cm³/mol. The van der Waals surface area contributed by atoms with Gasteiger partial charge in [-0.25, -0.2) is 4.79 Å². The van der Waals surface area contributed by atoms with Crippen LogP contribution in [0, 0.1) is 0 Å². The zero-order chi connectivity index (χ0) is 18.9. The monoisotopic (exact) mass is 360 g/mol. The predicted octanol–water partition coefficient (Wildman–Crippen LogP) is 2.55. The SMILES string of the molecule is CC(C)(C)OC(=O)N1CCCC[C@H]1[C@@H]1[C@H](O)C(=O)N1Cc1ccccc1. The van der Waals surface area contributed by atoms with Crippen LogP contribution in [-0.4, -0.2) is 57.2 Å². The lowest BCUT2D eigenvalue weighted by Crippen LogP contribution is -2.72. The molecule has 26 heavy (non-hydrogen) atoms. The average Bonchev–Trinajstić information content (AvgIpc) is 2.60. The molecule has 3 rings (SSSR count). The van der Waals surface area contributed by atoms with E-state index in [0.717, 1.165) is 24.8 Å². The van der Waals surface area contributed by atoms with Gasteiger partial charge in [0.1, 0.15) is 5.60 Å². The first-order chi connectivity index (χ1) is 12.3. The van der Waals surface area contributed by atoms with Gasteiger partial charge in [-0.2, -0.15) is 0 Å². The molecule has 0 saturated carbocycles. The number of nitrogens with zero attached hydrogens (tertiary/aromatic N) is 2. The Morgan fingerprint density at radius 1 is 1.23 bits per heavy atom. The van der Waals surface area contributed by atoms with Crippen molar-refractivity contribution < 1.29 is 19.4 Å². The van der Waals surface area contributed by atoms with E-state index in [4.69, 9.17) is 4.74 Å². The summed E-state index contributed by atoms with van der Waals surface area (Å²) in [5.74, 6) is -0.270. The van der Waals surface area contributed by atoms with Crippen LogP contribution >= 0.6 is 0 Å². The van der Waals surface area contributed by atoms with Gasteiger partial charge in [0.25, 0.3) is 5.91 Å². The highest BCUT2D eigenvalue weighted by Gasteiger charge is 2.53. The van der Waals surface area contributed by atoms with Crippen LogP contribution in [0.3, 0.4) is 0 Å². The third-order valence-corrected chi connectivity index (χ3v) is 4.99. The van der Waals surface area contributed by atoms with E-state index in [1.807, 2.05) is 51.1 Å². The van der Waals surface area contributed by atoms with Gasteiger partial charge >= 0.3 is 6.09 Å². The number of aliphatic hydroxyl groups excluding tert-OH is 1. The molecule has 0 bridgehead atoms. The fourth-order valence-corrected chi connectivity index (χ4v) is 3.79. The van der Waals surface area contributed by atoms with Crippen LogP contribution in [0.4, 0.5) is 4.79 Å². The smallest absolute Gasteiger partial charge is 0.410 e. The second-order valence-corrected chi connectivity index (χ2v) is 8.12. The number of amides is 2. The molecule has 0 aliphatic carbocycles. The van der Waals surface area contributed by atoms with Crippen LogP contribution in [0.15, 0.2) is 30.3 Å². The molecular weight excluding hydrogens is 332 g/mol. The topological polar surface area (TPSA) is 70.1 Å². The second kappa shape index (κ2) is 7.27. The largest absolute Gasteiger partial charge is 0.444 e. The molecule has 6 heteroatoms. The molecule has 0 aromatic heterocycles. The van der Waals surface area contributed by atoms with Gasteiger partial charge in [0, 0.05) is 13.1 Å². The number of aliphatic hydroxyl groups is 1. The van der Waals surface area contributed by atoms with E-state index in [2.05, 4.69) is 0 Å². The number of carbonyl (C=O) groups is 2. The van der Waals surface area contributed by atoms with Crippen LogP contribution in [0.1, 0.15) is 45.6 Å². The van der Waals surface area contributed by atoms with Gasteiger partial charge in [-0.3, -0.25) is 4.79 Å². The Kier molecular flexibility index (Phi) is 5.23. The molecule has 2 heterocycles. The highest BCUT2D eigenvalue weighted by atomic mass is 16.6. The van der Waals surface area contributed by atoms with Gasteiger partial charge in [0.05, 0.1) is 12.1 Å². The molecule has 3 atom stereocenters. The van der Waals surface area contributed by atoms with Crippen molar-refractivity contribution in [2.24, 2.45) is 0 Å². The first-order valence-corrected chi connectivity index (χ1v) is 9.30. The molecule has 6 nitrogen and oxygen atoms in total. The maximum absolute atomic E-state index is 12.6. The van der Waals surface area contributed by atoms with Crippen molar-refractivity contribution in [3.05, 3.63) is 35.9 Å². The Bertz CT molecular complexity index is 656. The number of hydrogen-bond acceptors (Lipinski definition) is 4. The zero-order valence-electron chi connectivity index (χ0n) is 15.7. The highest BCUT2D eigenvalue weighted by molar-refractivity contribution is 5.88. The van der Waals surface area contributed by atoms with E-state index in [1.165, 1.54) is 0 Å². The maximum Gasteiger partial charge on any atom is 0.410 e. The zero-order valence-corrected chi connectivity index (χ0v) is 15.7. The van der Waals surface area contributed by atoms with Gasteiger partial charge < -0.3 is 19.6 Å². The summed E-state index contributed by atoms with van der Waals surface area (Å²) < 4.78 is 5.54. The van der Waals surface area contributed by atoms with Crippen molar-refractivity contribution in [1.82, 2.24) is 9.80 Å². The molecule has 142 valence electrons. The van der Waals surface area contributed by atoms with Gasteiger partial charge in [0.2, 0.25) is 0 Å². The summed E-state index contributed by atoms with van der Waals surface area (Å²) in [5, 5.41) is 10.3. The van der Waals surface area contributed by atoms with E-state index in [0.29, 0.717) is 13.1 Å². The van der Waals surface area contributed by atoms with Crippen molar-refractivity contribution in [1.29, 1.82) is 0 Å². The van der Waals surface area contributed by atoms with Crippen molar-refractivity contribution in [2.75, 3.05) is 6.54 Å². The third kappa shape index (κ3) is 3.85. The molecule has 2 aliphatic rings. The first-order valence-electron chi connectivity index (χ1n) is 9.30. The fourth-order valence-electron chi connectivity index (χ4n) is 3.79. The van der Waals surface area contributed by atoms with Crippen LogP contribution in [-0.2, 0) is 16.1 Å². The molecule has 1 aromatic rings. The first kappa shape index (κ1) is 18.7. The quantitative estimate of drug-likeness (QED) is 0.841. The number of ether oxygens (including phenoxy) is 1. The van der Waals surface area contributed by atoms with Crippen molar-refractivity contribution >= 4 is 12.0 Å². The van der Waals surface area contributed by atoms with Crippen molar-refractivity contribution in [2.45, 2.75) is 70.4 Å². The van der Waals surface area contributed by atoms with E-state index >= 15 is 0 Å². The van der Waals surface area contributed by atoms with Crippen LogP contribution in [0.25, 0.3) is 0 Å². The van der Waals surface area contributed by atoms with Crippen molar-refractivity contribution in [3.63, 3.8) is 0 Å². The summed E-state index contributed by atoms with van der Waals surface area (Å²) in [6.07, 6.45) is 1.23. The minimum absolute atomic E-state index is 0.213. The standard InChI is InChI=1S/C20H28N2O4/c1-20(2,3)26-19(25)21-12-8-7-11-15(21)16-17(23)18(24)22(16)13-14-9-5-4-6-10-14/h4-6,9-10,15-17,23H,7-8,11-13H2,1-3H3/t15-,16+,17-/m0/s1. The van der Waals surface area contributed by atoms with Crippen LogP contribution in [0.2, 0.25) is 0 Å².